The number of Topliss-reactive ketones (excluding diaryl/α,β-unsaturated/α-hetero) is 1. The largest absolute Gasteiger partial charge is 0.383 e. The van der Waals surface area contributed by atoms with Gasteiger partial charge in [0, 0.05) is 25.8 Å². The van der Waals surface area contributed by atoms with E-state index < -0.39 is 4.92 Å². The fourth-order valence-electron chi connectivity index (χ4n) is 2.25. The van der Waals surface area contributed by atoms with Crippen LogP contribution in [0.5, 0.6) is 0 Å². The second kappa shape index (κ2) is 8.09. The zero-order chi connectivity index (χ0) is 16.0. The Morgan fingerprint density at radius 1 is 1.48 bits per heavy atom. The summed E-state index contributed by atoms with van der Waals surface area (Å²) in [5, 5.41) is 11.8. The first-order chi connectivity index (χ1) is 9.96. The maximum atomic E-state index is 11.5. The number of ketones is 1. The Hall–Kier alpha value is -1.47. The number of thiophene rings is 1. The average Bonchev–Trinajstić information content (AvgIpc) is 2.88. The van der Waals surface area contributed by atoms with Gasteiger partial charge in [0.15, 0.2) is 10.8 Å². The lowest BCUT2D eigenvalue weighted by molar-refractivity contribution is -0.383. The number of rotatable bonds is 9. The van der Waals surface area contributed by atoms with Crippen molar-refractivity contribution in [3.63, 3.8) is 0 Å². The number of ether oxygens (including phenoxy) is 1. The minimum Gasteiger partial charge on any atom is -0.383 e. The van der Waals surface area contributed by atoms with Crippen LogP contribution in [-0.2, 0) is 4.74 Å². The Balaban J connectivity index is 3.27. The van der Waals surface area contributed by atoms with Gasteiger partial charge in [-0.1, -0.05) is 13.8 Å². The van der Waals surface area contributed by atoms with Crippen LogP contribution < -0.4 is 4.90 Å². The van der Waals surface area contributed by atoms with Crippen molar-refractivity contribution < 1.29 is 14.5 Å². The van der Waals surface area contributed by atoms with Crippen LogP contribution in [0.3, 0.4) is 0 Å². The summed E-state index contributed by atoms with van der Waals surface area (Å²) in [6.45, 7) is 6.59. The van der Waals surface area contributed by atoms with Crippen LogP contribution in [0, 0.1) is 10.1 Å². The molecule has 1 aromatic heterocycles. The third-order valence-electron chi connectivity index (χ3n) is 3.42. The van der Waals surface area contributed by atoms with Gasteiger partial charge in [-0.15, -0.1) is 11.3 Å². The summed E-state index contributed by atoms with van der Waals surface area (Å²) in [6.07, 6.45) is 1.76. The molecule has 118 valence electrons. The van der Waals surface area contributed by atoms with Gasteiger partial charge in [-0.25, -0.2) is 0 Å². The summed E-state index contributed by atoms with van der Waals surface area (Å²) in [7, 11) is 1.61. The smallest absolute Gasteiger partial charge is 0.304 e. The molecule has 0 spiro atoms. The van der Waals surface area contributed by atoms with Crippen LogP contribution in [0.25, 0.3) is 0 Å². The van der Waals surface area contributed by atoms with Crippen molar-refractivity contribution >= 4 is 27.8 Å². The van der Waals surface area contributed by atoms with Gasteiger partial charge in [-0.2, -0.15) is 0 Å². The second-order valence-corrected chi connectivity index (χ2v) is 5.80. The SMILES string of the molecule is CCC(CC)N(CCOC)c1sc(C(C)=O)cc1[N+](=O)[O-]. The Morgan fingerprint density at radius 2 is 2.10 bits per heavy atom. The second-order valence-electron chi connectivity index (χ2n) is 4.77. The molecule has 0 aliphatic carbocycles. The first kappa shape index (κ1) is 17.6. The molecule has 7 heteroatoms. The number of carbonyl (C=O) groups excluding carboxylic acids is 1. The van der Waals surface area contributed by atoms with Gasteiger partial charge < -0.3 is 9.64 Å². The quantitative estimate of drug-likeness (QED) is 0.396. The molecule has 1 heterocycles. The lowest BCUT2D eigenvalue weighted by atomic mass is 10.1. The Bertz CT molecular complexity index is 497. The lowest BCUT2D eigenvalue weighted by Crippen LogP contribution is -2.36. The molecule has 6 nitrogen and oxygen atoms in total. The summed E-state index contributed by atoms with van der Waals surface area (Å²) in [4.78, 5) is 24.8. The topological polar surface area (TPSA) is 72.7 Å². The van der Waals surface area contributed by atoms with Gasteiger partial charge in [0.05, 0.1) is 16.4 Å². The zero-order valence-electron chi connectivity index (χ0n) is 12.9. The fourth-order valence-corrected chi connectivity index (χ4v) is 3.37. The molecule has 0 aromatic carbocycles. The Morgan fingerprint density at radius 3 is 2.52 bits per heavy atom. The highest BCUT2D eigenvalue weighted by molar-refractivity contribution is 7.18. The molecule has 0 N–H and O–H groups in total. The van der Waals surface area contributed by atoms with E-state index in [2.05, 4.69) is 13.8 Å². The van der Waals surface area contributed by atoms with E-state index in [1.165, 1.54) is 24.3 Å². The Kier molecular flexibility index (Phi) is 6.77. The molecule has 0 saturated heterocycles. The third-order valence-corrected chi connectivity index (χ3v) is 4.68. The van der Waals surface area contributed by atoms with E-state index >= 15 is 0 Å². The molecular formula is C14H22N2O4S. The predicted molar refractivity (Wildman–Crippen MR) is 84.6 cm³/mol. The van der Waals surface area contributed by atoms with Gasteiger partial charge in [0.2, 0.25) is 0 Å². The lowest BCUT2D eigenvalue weighted by Gasteiger charge is -2.30. The summed E-state index contributed by atoms with van der Waals surface area (Å²) in [5.41, 5.74) is 0.00760. The molecule has 0 radical (unpaired) electrons. The number of nitro groups is 1. The molecule has 0 fully saturated rings. The standard InChI is InChI=1S/C14H22N2O4S/c1-5-11(6-2)15(7-8-20-4)14-12(16(18)19)9-13(21-14)10(3)17/h9,11H,5-8H2,1-4H3. The maximum absolute atomic E-state index is 11.5. The molecule has 0 aliphatic heterocycles. The summed E-state index contributed by atoms with van der Waals surface area (Å²) >= 11 is 1.19. The van der Waals surface area contributed by atoms with Crippen LogP contribution in [0.15, 0.2) is 6.07 Å². The van der Waals surface area contributed by atoms with Crippen molar-refractivity contribution in [3.05, 3.63) is 21.1 Å². The van der Waals surface area contributed by atoms with E-state index in [9.17, 15) is 14.9 Å². The van der Waals surface area contributed by atoms with Crippen molar-refractivity contribution in [2.24, 2.45) is 0 Å². The van der Waals surface area contributed by atoms with Gasteiger partial charge >= 0.3 is 5.69 Å². The Labute approximate surface area is 128 Å². The highest BCUT2D eigenvalue weighted by Crippen LogP contribution is 2.39. The van der Waals surface area contributed by atoms with Crippen molar-refractivity contribution in [3.8, 4) is 0 Å². The number of carbonyl (C=O) groups is 1. The van der Waals surface area contributed by atoms with Gasteiger partial charge in [0.1, 0.15) is 0 Å². The number of anilines is 1. The summed E-state index contributed by atoms with van der Waals surface area (Å²) in [6, 6.07) is 1.57. The van der Waals surface area contributed by atoms with E-state index in [0.29, 0.717) is 23.0 Å². The van der Waals surface area contributed by atoms with E-state index in [1.807, 2.05) is 4.90 Å². The van der Waals surface area contributed by atoms with Gasteiger partial charge in [-0.05, 0) is 19.8 Å². The van der Waals surface area contributed by atoms with Crippen LogP contribution in [-0.4, -0.2) is 37.0 Å². The van der Waals surface area contributed by atoms with Crippen LogP contribution in [0.2, 0.25) is 0 Å². The fraction of sp³-hybridized carbons (Fsp3) is 0.643. The first-order valence-electron chi connectivity index (χ1n) is 7.00. The van der Waals surface area contributed by atoms with Crippen molar-refractivity contribution in [1.29, 1.82) is 0 Å². The maximum Gasteiger partial charge on any atom is 0.304 e. The van der Waals surface area contributed by atoms with Crippen LogP contribution >= 0.6 is 11.3 Å². The van der Waals surface area contributed by atoms with E-state index in [-0.39, 0.29) is 17.5 Å². The molecule has 21 heavy (non-hydrogen) atoms. The molecule has 1 rings (SSSR count). The molecule has 0 atom stereocenters. The van der Waals surface area contributed by atoms with Crippen LogP contribution in [0.1, 0.15) is 43.3 Å². The van der Waals surface area contributed by atoms with E-state index in [1.54, 1.807) is 7.11 Å². The molecular weight excluding hydrogens is 292 g/mol. The minimum absolute atomic E-state index is 0.00760. The van der Waals surface area contributed by atoms with Gasteiger partial charge in [-0.3, -0.25) is 14.9 Å². The number of hydrogen-bond acceptors (Lipinski definition) is 6. The zero-order valence-corrected chi connectivity index (χ0v) is 13.7. The van der Waals surface area contributed by atoms with Gasteiger partial charge in [0.25, 0.3) is 0 Å². The first-order valence-corrected chi connectivity index (χ1v) is 7.82. The molecule has 0 saturated carbocycles. The minimum atomic E-state index is -0.416. The number of nitrogens with zero attached hydrogens (tertiary/aromatic N) is 2. The summed E-state index contributed by atoms with van der Waals surface area (Å²) < 4.78 is 5.11. The highest BCUT2D eigenvalue weighted by atomic mass is 32.1. The molecule has 0 unspecified atom stereocenters. The average molecular weight is 314 g/mol. The molecule has 0 amide bonds. The van der Waals surface area contributed by atoms with E-state index in [4.69, 9.17) is 4.74 Å². The summed E-state index contributed by atoms with van der Waals surface area (Å²) in [5.74, 6) is -0.148. The van der Waals surface area contributed by atoms with Crippen molar-refractivity contribution in [1.82, 2.24) is 0 Å². The highest BCUT2D eigenvalue weighted by Gasteiger charge is 2.28. The molecule has 0 bridgehead atoms. The molecule has 1 aromatic rings. The normalized spacial score (nSPS) is 10.9. The van der Waals surface area contributed by atoms with E-state index in [0.717, 1.165) is 12.8 Å². The van der Waals surface area contributed by atoms with Crippen LogP contribution in [0.4, 0.5) is 10.7 Å². The third kappa shape index (κ3) is 4.25. The molecule has 0 aliphatic rings. The predicted octanol–water partition coefficient (Wildman–Crippen LogP) is 3.50. The van der Waals surface area contributed by atoms with Crippen molar-refractivity contribution in [2.75, 3.05) is 25.2 Å². The number of hydrogen-bond donors (Lipinski definition) is 0. The van der Waals surface area contributed by atoms with Crippen molar-refractivity contribution in [2.45, 2.75) is 39.7 Å². The number of methoxy groups -OCH3 is 1. The monoisotopic (exact) mass is 314 g/mol.